The van der Waals surface area contributed by atoms with E-state index in [9.17, 15) is 0 Å². The van der Waals surface area contributed by atoms with Crippen molar-refractivity contribution in [1.29, 1.82) is 0 Å². The number of halogens is 1. The van der Waals surface area contributed by atoms with Gasteiger partial charge in [0.25, 0.3) is 0 Å². The van der Waals surface area contributed by atoms with Gasteiger partial charge in [-0.05, 0) is 31.1 Å². The SMILES string of the molecule is CCNc1ncc(Cl)c(N2CCC(C(C)(C)C)CC2)n1. The van der Waals surface area contributed by atoms with Crippen LogP contribution in [0.4, 0.5) is 11.8 Å². The summed E-state index contributed by atoms with van der Waals surface area (Å²) < 4.78 is 0. The molecule has 0 amide bonds. The summed E-state index contributed by atoms with van der Waals surface area (Å²) in [5, 5.41) is 3.78. The van der Waals surface area contributed by atoms with Crippen LogP contribution in [0, 0.1) is 11.3 Å². The first-order chi connectivity index (χ1) is 9.41. The van der Waals surface area contributed by atoms with E-state index in [-0.39, 0.29) is 0 Å². The van der Waals surface area contributed by atoms with Crippen molar-refractivity contribution in [3.8, 4) is 0 Å². The fourth-order valence-corrected chi connectivity index (χ4v) is 2.99. The Morgan fingerprint density at radius 2 is 2.00 bits per heavy atom. The average Bonchev–Trinajstić information content (AvgIpc) is 2.40. The van der Waals surface area contributed by atoms with Gasteiger partial charge in [-0.1, -0.05) is 32.4 Å². The molecule has 1 aromatic heterocycles. The minimum atomic E-state index is 0.385. The third-order valence-electron chi connectivity index (χ3n) is 4.08. The van der Waals surface area contributed by atoms with Crippen LogP contribution < -0.4 is 10.2 Å². The molecule has 20 heavy (non-hydrogen) atoms. The fourth-order valence-electron chi connectivity index (χ4n) is 2.78. The van der Waals surface area contributed by atoms with E-state index < -0.39 is 0 Å². The summed E-state index contributed by atoms with van der Waals surface area (Å²) in [5.74, 6) is 2.29. The predicted molar refractivity (Wildman–Crippen MR) is 85.6 cm³/mol. The molecule has 2 heterocycles. The molecule has 1 aromatic rings. The molecule has 4 nitrogen and oxygen atoms in total. The molecule has 1 saturated heterocycles. The van der Waals surface area contributed by atoms with Gasteiger partial charge in [-0.25, -0.2) is 4.98 Å². The van der Waals surface area contributed by atoms with E-state index in [1.54, 1.807) is 6.20 Å². The molecule has 0 atom stereocenters. The van der Waals surface area contributed by atoms with Crippen molar-refractivity contribution in [2.45, 2.75) is 40.5 Å². The van der Waals surface area contributed by atoms with E-state index in [4.69, 9.17) is 11.6 Å². The number of rotatable bonds is 3. The van der Waals surface area contributed by atoms with Gasteiger partial charge < -0.3 is 10.2 Å². The number of anilines is 2. The second-order valence-corrected chi connectivity index (χ2v) is 6.93. The molecule has 1 N–H and O–H groups in total. The third kappa shape index (κ3) is 3.54. The Bertz CT molecular complexity index is 448. The lowest BCUT2D eigenvalue weighted by molar-refractivity contribution is 0.198. The van der Waals surface area contributed by atoms with Crippen LogP contribution in [0.25, 0.3) is 0 Å². The maximum absolute atomic E-state index is 6.26. The highest BCUT2D eigenvalue weighted by atomic mass is 35.5. The first-order valence-electron chi connectivity index (χ1n) is 7.43. The summed E-state index contributed by atoms with van der Waals surface area (Å²) in [6, 6.07) is 0. The van der Waals surface area contributed by atoms with Crippen molar-refractivity contribution in [3.63, 3.8) is 0 Å². The van der Waals surface area contributed by atoms with Gasteiger partial charge in [0.15, 0.2) is 5.82 Å². The predicted octanol–water partition coefficient (Wildman–Crippen LogP) is 3.82. The van der Waals surface area contributed by atoms with Crippen LogP contribution in [0.2, 0.25) is 5.02 Å². The molecule has 2 rings (SSSR count). The maximum atomic E-state index is 6.26. The van der Waals surface area contributed by atoms with E-state index >= 15 is 0 Å². The summed E-state index contributed by atoms with van der Waals surface area (Å²) in [5.41, 5.74) is 0.385. The van der Waals surface area contributed by atoms with Gasteiger partial charge in [0, 0.05) is 19.6 Å². The van der Waals surface area contributed by atoms with E-state index in [0.717, 1.165) is 31.4 Å². The molecule has 0 unspecified atom stereocenters. The quantitative estimate of drug-likeness (QED) is 0.920. The number of nitrogens with one attached hydrogen (secondary N) is 1. The number of piperidine rings is 1. The van der Waals surface area contributed by atoms with Gasteiger partial charge in [0.05, 0.1) is 6.20 Å². The number of hydrogen-bond acceptors (Lipinski definition) is 4. The molecule has 0 spiro atoms. The molecule has 0 aliphatic carbocycles. The monoisotopic (exact) mass is 296 g/mol. The molecular formula is C15H25ClN4. The topological polar surface area (TPSA) is 41.1 Å². The minimum absolute atomic E-state index is 0.385. The zero-order chi connectivity index (χ0) is 14.8. The maximum Gasteiger partial charge on any atom is 0.224 e. The molecule has 0 radical (unpaired) electrons. The second-order valence-electron chi connectivity index (χ2n) is 6.52. The summed E-state index contributed by atoms with van der Waals surface area (Å²) in [6.45, 7) is 11.9. The standard InChI is InChI=1S/C15H25ClN4/c1-5-17-14-18-10-12(16)13(19-14)20-8-6-11(7-9-20)15(2,3)4/h10-11H,5-9H2,1-4H3,(H,17,18,19). The Balaban J connectivity index is 2.08. The minimum Gasteiger partial charge on any atom is -0.355 e. The van der Waals surface area contributed by atoms with Crippen LogP contribution in [0.5, 0.6) is 0 Å². The van der Waals surface area contributed by atoms with Crippen LogP contribution in [0.3, 0.4) is 0 Å². The lowest BCUT2D eigenvalue weighted by Gasteiger charge is -2.39. The fraction of sp³-hybridized carbons (Fsp3) is 0.733. The van der Waals surface area contributed by atoms with Crippen LogP contribution in [-0.2, 0) is 0 Å². The highest BCUT2D eigenvalue weighted by Crippen LogP contribution is 2.36. The Morgan fingerprint density at radius 1 is 1.35 bits per heavy atom. The lowest BCUT2D eigenvalue weighted by Crippen LogP contribution is -2.38. The third-order valence-corrected chi connectivity index (χ3v) is 4.35. The summed E-state index contributed by atoms with van der Waals surface area (Å²) in [6.07, 6.45) is 4.08. The summed E-state index contributed by atoms with van der Waals surface area (Å²) in [4.78, 5) is 11.0. The van der Waals surface area contributed by atoms with Gasteiger partial charge in [0.2, 0.25) is 5.95 Å². The van der Waals surface area contributed by atoms with Gasteiger partial charge >= 0.3 is 0 Å². The van der Waals surface area contributed by atoms with Crippen molar-refractivity contribution >= 4 is 23.4 Å². The summed E-state index contributed by atoms with van der Waals surface area (Å²) >= 11 is 6.26. The largest absolute Gasteiger partial charge is 0.355 e. The lowest BCUT2D eigenvalue weighted by atomic mass is 9.75. The molecular weight excluding hydrogens is 272 g/mol. The number of hydrogen-bond donors (Lipinski definition) is 1. The Kier molecular flexibility index (Phi) is 4.74. The zero-order valence-electron chi connectivity index (χ0n) is 12.9. The molecule has 1 fully saturated rings. The van der Waals surface area contributed by atoms with Gasteiger partial charge in [-0.2, -0.15) is 4.98 Å². The Labute approximate surface area is 126 Å². The number of aromatic nitrogens is 2. The molecule has 0 saturated carbocycles. The molecule has 5 heteroatoms. The Morgan fingerprint density at radius 3 is 2.55 bits per heavy atom. The molecule has 0 bridgehead atoms. The van der Waals surface area contributed by atoms with E-state index in [1.807, 2.05) is 6.92 Å². The normalized spacial score (nSPS) is 17.4. The van der Waals surface area contributed by atoms with Crippen molar-refractivity contribution in [2.75, 3.05) is 29.9 Å². The van der Waals surface area contributed by atoms with Crippen molar-refractivity contribution < 1.29 is 0 Å². The average molecular weight is 297 g/mol. The molecule has 0 aromatic carbocycles. The second kappa shape index (κ2) is 6.17. The van der Waals surface area contributed by atoms with E-state index in [0.29, 0.717) is 16.4 Å². The van der Waals surface area contributed by atoms with Crippen molar-refractivity contribution in [3.05, 3.63) is 11.2 Å². The number of nitrogens with zero attached hydrogens (tertiary/aromatic N) is 3. The van der Waals surface area contributed by atoms with Crippen molar-refractivity contribution in [2.24, 2.45) is 11.3 Å². The smallest absolute Gasteiger partial charge is 0.224 e. The molecule has 1 aliphatic heterocycles. The Hall–Kier alpha value is -1.03. The van der Waals surface area contributed by atoms with Crippen LogP contribution in [0.15, 0.2) is 6.20 Å². The summed E-state index contributed by atoms with van der Waals surface area (Å²) in [7, 11) is 0. The highest BCUT2D eigenvalue weighted by Gasteiger charge is 2.29. The van der Waals surface area contributed by atoms with Gasteiger partial charge in [-0.3, -0.25) is 0 Å². The van der Waals surface area contributed by atoms with Crippen molar-refractivity contribution in [1.82, 2.24) is 9.97 Å². The molecule has 1 aliphatic rings. The van der Waals surface area contributed by atoms with Gasteiger partial charge in [-0.15, -0.1) is 0 Å². The first kappa shape index (κ1) is 15.4. The van der Waals surface area contributed by atoms with Crippen LogP contribution in [-0.4, -0.2) is 29.6 Å². The van der Waals surface area contributed by atoms with Crippen LogP contribution in [0.1, 0.15) is 40.5 Å². The zero-order valence-corrected chi connectivity index (χ0v) is 13.7. The van der Waals surface area contributed by atoms with Gasteiger partial charge in [0.1, 0.15) is 5.02 Å². The molecule has 112 valence electrons. The van der Waals surface area contributed by atoms with Crippen LogP contribution >= 0.6 is 11.6 Å². The van der Waals surface area contributed by atoms with E-state index in [1.165, 1.54) is 12.8 Å². The first-order valence-corrected chi connectivity index (χ1v) is 7.81. The highest BCUT2D eigenvalue weighted by molar-refractivity contribution is 6.32. The van der Waals surface area contributed by atoms with E-state index in [2.05, 4.69) is 41.0 Å².